The van der Waals surface area contributed by atoms with Crippen LogP contribution in [0, 0.1) is 27.6 Å². The number of hydrogen-bond donors (Lipinski definition) is 1. The minimum atomic E-state index is -0.380. The van der Waals surface area contributed by atoms with Gasteiger partial charge in [0.15, 0.2) is 12.6 Å². The van der Waals surface area contributed by atoms with Crippen LogP contribution in [0.2, 0.25) is 0 Å². The van der Waals surface area contributed by atoms with Crippen molar-refractivity contribution in [2.45, 2.75) is 380 Å². The van der Waals surface area contributed by atoms with Crippen molar-refractivity contribution >= 4 is 85.9 Å². The molecule has 0 saturated carbocycles. The molecule has 0 bridgehead atoms. The second-order valence-corrected chi connectivity index (χ2v) is 37.4. The summed E-state index contributed by atoms with van der Waals surface area (Å²) >= 11 is 31.2. The van der Waals surface area contributed by atoms with Crippen molar-refractivity contribution in [3.63, 3.8) is 0 Å². The zero-order valence-corrected chi connectivity index (χ0v) is 86.2. The van der Waals surface area contributed by atoms with Crippen molar-refractivity contribution in [3.05, 3.63) is 12.3 Å². The molecule has 16 nitrogen and oxygen atoms in total. The van der Waals surface area contributed by atoms with Crippen LogP contribution in [0.25, 0.3) is 0 Å². The fourth-order valence-electron chi connectivity index (χ4n) is 11.9. The Morgan fingerprint density at radius 2 is 0.754 bits per heavy atom. The Morgan fingerprint density at radius 3 is 0.992 bits per heavy atom. The lowest BCUT2D eigenvalue weighted by Crippen LogP contribution is -3.00. The van der Waals surface area contributed by atoms with Crippen molar-refractivity contribution < 1.29 is 93.0 Å². The molecule has 0 amide bonds. The molecule has 2 unspecified atom stereocenters. The molecule has 0 aromatic heterocycles. The van der Waals surface area contributed by atoms with Crippen molar-refractivity contribution in [2.24, 2.45) is 27.6 Å². The quantitative estimate of drug-likeness (QED) is 0.0264. The Balaban J connectivity index is -0.000000310. The molecule has 23 heteroatoms. The third-order valence-electron chi connectivity index (χ3n) is 19.9. The number of hydrogen-bond acceptors (Lipinski definition) is 15. The molecule has 2 fully saturated rings. The Labute approximate surface area is 773 Å². The van der Waals surface area contributed by atoms with Gasteiger partial charge in [0.1, 0.15) is 0 Å². The zero-order valence-electron chi connectivity index (χ0n) is 79.2. The average Bonchev–Trinajstić information content (AvgIpc) is 0.889. The minimum Gasteiger partial charge on any atom is -1.00 e. The van der Waals surface area contributed by atoms with E-state index in [4.69, 9.17) is 115 Å². The predicted octanol–water partition coefficient (Wildman–Crippen LogP) is 24.2. The smallest absolute Gasteiger partial charge is 0.311 e. The predicted molar refractivity (Wildman–Crippen MR) is 505 cm³/mol. The van der Waals surface area contributed by atoms with Crippen LogP contribution >= 0.6 is 73.9 Å². The summed E-state index contributed by atoms with van der Waals surface area (Å²) in [5.41, 5.74) is 0.142. The lowest BCUT2D eigenvalue weighted by atomic mass is 9.87. The molecule has 0 aliphatic carbocycles. The van der Waals surface area contributed by atoms with Crippen molar-refractivity contribution in [2.75, 3.05) is 180 Å². The van der Waals surface area contributed by atoms with Crippen LogP contribution in [0.4, 0.5) is 0 Å². The zero-order chi connectivity index (χ0) is 88.4. The summed E-state index contributed by atoms with van der Waals surface area (Å²) in [6.45, 7) is 53.3. The highest BCUT2D eigenvalue weighted by atomic mass is 79.9. The molecule has 3 heterocycles. The second kappa shape index (κ2) is 98.1. The summed E-state index contributed by atoms with van der Waals surface area (Å²) < 4.78 is 66.6. The van der Waals surface area contributed by atoms with E-state index >= 15 is 0 Å². The molecule has 714 valence electrons. The Bertz CT molecular complexity index is 1900. The van der Waals surface area contributed by atoms with Gasteiger partial charge in [-0.2, -0.15) is 0 Å². The maximum absolute atomic E-state index is 11.6. The van der Waals surface area contributed by atoms with E-state index in [-0.39, 0.29) is 75.7 Å². The molecule has 2 saturated heterocycles. The highest BCUT2D eigenvalue weighted by molar-refractivity contribution is 9.09. The van der Waals surface area contributed by atoms with Gasteiger partial charge < -0.3 is 83.4 Å². The topological polar surface area (TPSA) is 165 Å². The van der Waals surface area contributed by atoms with Gasteiger partial charge in [-0.3, -0.25) is 9.59 Å². The minimum absolute atomic E-state index is 0. The first-order valence-corrected chi connectivity index (χ1v) is 50.9. The van der Waals surface area contributed by atoms with Crippen LogP contribution in [0.15, 0.2) is 12.3 Å². The van der Waals surface area contributed by atoms with Gasteiger partial charge in [0, 0.05) is 121 Å². The number of quaternary nitrogens is 1. The van der Waals surface area contributed by atoms with E-state index in [0.29, 0.717) is 19.1 Å². The van der Waals surface area contributed by atoms with E-state index in [9.17, 15) is 9.59 Å². The molecule has 3 rings (SSSR count). The van der Waals surface area contributed by atoms with E-state index < -0.39 is 0 Å². The van der Waals surface area contributed by atoms with Gasteiger partial charge in [-0.1, -0.05) is 150 Å². The number of allylic oxidation sites excluding steroid dienone is 1. The Morgan fingerprint density at radius 1 is 0.432 bits per heavy atom. The molecule has 1 N–H and O–H groups in total. The van der Waals surface area contributed by atoms with Gasteiger partial charge in [0.2, 0.25) is 0 Å². The van der Waals surface area contributed by atoms with Crippen LogP contribution in [-0.2, 0) is 66.4 Å². The lowest BCUT2D eigenvalue weighted by Gasteiger charge is -2.39. The molecular weight excluding hydrogens is 1730 g/mol. The van der Waals surface area contributed by atoms with Crippen LogP contribution in [0.1, 0.15) is 368 Å². The molecule has 2 atom stereocenters. The molecule has 0 aromatic carbocycles. The number of nitrogens with zero attached hydrogens (tertiary/aromatic N) is 1. The number of alkyl halides is 6. The number of esters is 2. The summed E-state index contributed by atoms with van der Waals surface area (Å²) in [5.74, 6) is 3.44. The fraction of sp³-hybridized carbons (Fsp3) is 0.958. The Hall–Kier alpha value is 0.450. The summed E-state index contributed by atoms with van der Waals surface area (Å²) in [4.78, 5) is 22.2. The van der Waals surface area contributed by atoms with E-state index in [1.54, 1.807) is 13.2 Å². The highest BCUT2D eigenvalue weighted by Gasteiger charge is 2.29. The van der Waals surface area contributed by atoms with Gasteiger partial charge in [-0.15, -0.1) is 58.0 Å². The van der Waals surface area contributed by atoms with Crippen LogP contribution in [0.3, 0.4) is 0 Å². The Kier molecular flexibility index (Phi) is 107. The van der Waals surface area contributed by atoms with Crippen LogP contribution in [-0.4, -0.2) is 214 Å². The van der Waals surface area contributed by atoms with Gasteiger partial charge in [0.05, 0.1) is 76.8 Å². The largest absolute Gasteiger partial charge is 1.00 e. The lowest BCUT2D eigenvalue weighted by molar-refractivity contribution is -0.929. The number of rotatable bonds is 67. The van der Waals surface area contributed by atoms with Crippen molar-refractivity contribution in [1.82, 2.24) is 0 Å². The summed E-state index contributed by atoms with van der Waals surface area (Å²) in [6, 6.07) is 0. The van der Waals surface area contributed by atoms with Crippen LogP contribution in [0.5, 0.6) is 0 Å². The second-order valence-electron chi connectivity index (χ2n) is 34.7. The highest BCUT2D eigenvalue weighted by Crippen LogP contribution is 2.29. The van der Waals surface area contributed by atoms with Gasteiger partial charge in [-0.05, 0) is 255 Å². The van der Waals surface area contributed by atoms with Crippen molar-refractivity contribution in [3.8, 4) is 0 Å². The number of aliphatic hydroxyl groups excluding tert-OH is 1. The summed E-state index contributed by atoms with van der Waals surface area (Å²) in [6.07, 6.45) is 50.3. The molecule has 3 aliphatic rings. The fourth-order valence-corrected chi connectivity index (χ4v) is 13.3. The molecule has 0 spiro atoms. The van der Waals surface area contributed by atoms with E-state index in [2.05, 4.69) is 89.9 Å². The van der Waals surface area contributed by atoms with Crippen LogP contribution < -0.4 is 17.0 Å². The first-order chi connectivity index (χ1) is 56.3. The normalized spacial score (nSPS) is 14.7. The number of halogens is 7. The first-order valence-electron chi connectivity index (χ1n) is 47.1. The monoisotopic (exact) mass is 1920 g/mol. The van der Waals surface area contributed by atoms with E-state index in [0.717, 1.165) is 263 Å². The third-order valence-corrected chi connectivity index (χ3v) is 21.8. The summed E-state index contributed by atoms with van der Waals surface area (Å²) in [5, 5.41) is 10.1. The SMILES string of the molecule is C1=COCCC1.CC(C)(CCCCOCCCCBr)COC1CCCCO1.CC(C)(CCCCOCCCCCl)COC1CCCCO1.CC(C)(CO)CCCCOCCCCCl.CCCC[N+](CCCC)(CCCC)CCCC.CCOC(=O)C(C)(C)CCCCOCCCCCl.CCOC(=O)C(C)C.ClCCCCOCCCCCl.[Br-]. The molecule has 3 aliphatic heterocycles. The number of carbonyl (C=O) groups is 2. The number of unbranched alkanes of at least 4 members (excludes halogenated alkanes) is 14. The number of aliphatic hydroxyl groups is 1. The third kappa shape index (κ3) is 98.6. The number of ether oxygens (including phenoxy) is 12. The van der Waals surface area contributed by atoms with Gasteiger partial charge in [0.25, 0.3) is 0 Å². The molecule has 0 aromatic rings. The maximum Gasteiger partial charge on any atom is 0.311 e. The van der Waals surface area contributed by atoms with E-state index in [1.807, 2.05) is 40.7 Å². The molecule has 118 heavy (non-hydrogen) atoms. The first kappa shape index (κ1) is 129. The molecular formula is C95H190Br2Cl5NO15. The van der Waals surface area contributed by atoms with Gasteiger partial charge >= 0.3 is 11.9 Å². The molecule has 0 radical (unpaired) electrons. The van der Waals surface area contributed by atoms with E-state index in [1.165, 1.54) is 153 Å². The van der Waals surface area contributed by atoms with Gasteiger partial charge in [-0.25, -0.2) is 0 Å². The standard InChI is InChI=1S/C17H33BrO3.C17H33ClO3.C16H36N.C14H27ClO3.C12H25ClO2.C8H16Cl2O.C6H12O2.C5H8O.BrH/c2*1-17(2,15-21-16-9-3-6-14-20-16)10-4-7-12-19-13-8-5-11-18;1-5-9-13-17(14-10-6-2,15-11-7-3)16-12-8-4;1-4-18-13(16)14(2,3)9-5-7-11-17-12-8-6-10-15;1-12(2,11-14)7-3-5-9-15-10-6-4-8-13;9-5-1-3-7-11-8-4-2-6-10;1-4-8-6(7)5(2)3;1-2-4-6-5-3-1;/h2*16H,3-15H2,1-2H3;5-16H2,1-4H3;4-12H2,1-3H3;14H,3-11H2,1-2H3;1-8H2;5H,4H2,1-3H3;2,4H,1,3,5H2;1H/q;;+1;;;;;;/p-1. The summed E-state index contributed by atoms with van der Waals surface area (Å²) in [7, 11) is 0. The van der Waals surface area contributed by atoms with Crippen molar-refractivity contribution in [1.29, 1.82) is 0 Å². The number of carbonyl (C=O) groups excluding carboxylic acids is 2. The maximum atomic E-state index is 11.6. The average molecular weight is 1920 g/mol.